The fraction of sp³-hybridized carbons (Fsp3) is 0.312. The molecule has 0 spiro atoms. The largest absolute Gasteiger partial charge is 0.325 e. The summed E-state index contributed by atoms with van der Waals surface area (Å²) in [7, 11) is 0. The zero-order valence-corrected chi connectivity index (χ0v) is 14.1. The van der Waals surface area contributed by atoms with Gasteiger partial charge in [0.05, 0.1) is 5.25 Å². The Kier molecular flexibility index (Phi) is 5.30. The Hall–Kier alpha value is -1.86. The molecule has 2 aromatic rings. The Balaban J connectivity index is 1.47. The van der Waals surface area contributed by atoms with Crippen molar-refractivity contribution < 1.29 is 9.59 Å². The van der Waals surface area contributed by atoms with Gasteiger partial charge >= 0.3 is 0 Å². The van der Waals surface area contributed by atoms with E-state index in [-0.39, 0.29) is 17.1 Å². The molecule has 7 heteroatoms. The quantitative estimate of drug-likeness (QED) is 0.871. The van der Waals surface area contributed by atoms with Gasteiger partial charge in [-0.25, -0.2) is 4.98 Å². The van der Waals surface area contributed by atoms with E-state index in [9.17, 15) is 9.59 Å². The number of carbonyl (C=O) groups is 2. The third-order valence-corrected chi connectivity index (χ3v) is 5.55. The van der Waals surface area contributed by atoms with Crippen molar-refractivity contribution >= 4 is 45.7 Å². The average Bonchev–Trinajstić information content (AvgIpc) is 2.98. The molecule has 0 bridgehead atoms. The third kappa shape index (κ3) is 4.33. The van der Waals surface area contributed by atoms with Crippen LogP contribution in [0.3, 0.4) is 0 Å². The number of anilines is 2. The molecule has 3 rings (SSSR count). The van der Waals surface area contributed by atoms with Gasteiger partial charge in [0.25, 0.3) is 0 Å². The highest BCUT2D eigenvalue weighted by molar-refractivity contribution is 8.00. The SMILES string of the molecule is O=C(CCS[C@H]1CCc2ccccc2NC1=O)Nc1nccs1. The van der Waals surface area contributed by atoms with Crippen LogP contribution in [0.4, 0.5) is 10.8 Å². The number of benzene rings is 1. The van der Waals surface area contributed by atoms with Crippen LogP contribution in [0.25, 0.3) is 0 Å². The van der Waals surface area contributed by atoms with E-state index in [2.05, 4.69) is 15.6 Å². The highest BCUT2D eigenvalue weighted by Crippen LogP contribution is 2.27. The van der Waals surface area contributed by atoms with Gasteiger partial charge in [0.2, 0.25) is 11.8 Å². The van der Waals surface area contributed by atoms with Gasteiger partial charge in [0.1, 0.15) is 0 Å². The predicted molar refractivity (Wildman–Crippen MR) is 95.0 cm³/mol. The van der Waals surface area contributed by atoms with E-state index in [1.54, 1.807) is 18.0 Å². The molecule has 0 aliphatic carbocycles. The highest BCUT2D eigenvalue weighted by atomic mass is 32.2. The first-order chi connectivity index (χ1) is 11.2. The zero-order chi connectivity index (χ0) is 16.1. The number of thiazole rings is 1. The van der Waals surface area contributed by atoms with E-state index >= 15 is 0 Å². The van der Waals surface area contributed by atoms with E-state index < -0.39 is 0 Å². The van der Waals surface area contributed by atoms with E-state index in [4.69, 9.17) is 0 Å². The lowest BCUT2D eigenvalue weighted by Gasteiger charge is -2.12. The fourth-order valence-corrected chi connectivity index (χ4v) is 4.04. The van der Waals surface area contributed by atoms with Crippen LogP contribution in [0.5, 0.6) is 0 Å². The number of nitrogens with one attached hydrogen (secondary N) is 2. The first-order valence-electron chi connectivity index (χ1n) is 7.42. The second-order valence-corrected chi connectivity index (χ2v) is 7.39. The van der Waals surface area contributed by atoms with Crippen LogP contribution in [-0.2, 0) is 16.0 Å². The van der Waals surface area contributed by atoms with Gasteiger partial charge in [-0.2, -0.15) is 0 Å². The zero-order valence-electron chi connectivity index (χ0n) is 12.5. The van der Waals surface area contributed by atoms with Crippen LogP contribution in [0.1, 0.15) is 18.4 Å². The lowest BCUT2D eigenvalue weighted by molar-refractivity contribution is -0.116. The number of aryl methyl sites for hydroxylation is 1. The number of fused-ring (bicyclic) bond motifs is 1. The molecule has 120 valence electrons. The molecule has 5 nitrogen and oxygen atoms in total. The summed E-state index contributed by atoms with van der Waals surface area (Å²) in [5, 5.41) is 8.05. The number of thioether (sulfide) groups is 1. The van der Waals surface area contributed by atoms with Crippen molar-refractivity contribution in [2.75, 3.05) is 16.4 Å². The van der Waals surface area contributed by atoms with Crippen molar-refractivity contribution in [1.29, 1.82) is 0 Å². The fourth-order valence-electron chi connectivity index (χ4n) is 2.41. The highest BCUT2D eigenvalue weighted by Gasteiger charge is 2.23. The van der Waals surface area contributed by atoms with E-state index in [1.165, 1.54) is 16.9 Å². The molecule has 0 radical (unpaired) electrons. The number of hydrogen-bond acceptors (Lipinski definition) is 5. The average molecular weight is 347 g/mol. The van der Waals surface area contributed by atoms with Gasteiger partial charge in [-0.05, 0) is 24.5 Å². The Morgan fingerprint density at radius 2 is 2.30 bits per heavy atom. The monoisotopic (exact) mass is 347 g/mol. The van der Waals surface area contributed by atoms with Crippen LogP contribution in [0.2, 0.25) is 0 Å². The van der Waals surface area contributed by atoms with E-state index in [0.717, 1.165) is 18.5 Å². The number of carbonyl (C=O) groups excluding carboxylic acids is 2. The van der Waals surface area contributed by atoms with Gasteiger partial charge in [-0.15, -0.1) is 23.1 Å². The Bertz CT molecular complexity index is 688. The molecule has 2 amide bonds. The molecule has 23 heavy (non-hydrogen) atoms. The van der Waals surface area contributed by atoms with Gasteiger partial charge in [-0.3, -0.25) is 9.59 Å². The second-order valence-electron chi connectivity index (χ2n) is 5.18. The first-order valence-corrected chi connectivity index (χ1v) is 9.35. The summed E-state index contributed by atoms with van der Waals surface area (Å²) in [5.41, 5.74) is 2.08. The minimum absolute atomic E-state index is 0.0280. The lowest BCUT2D eigenvalue weighted by Crippen LogP contribution is -2.24. The van der Waals surface area contributed by atoms with Crippen LogP contribution >= 0.6 is 23.1 Å². The van der Waals surface area contributed by atoms with Gasteiger partial charge in [0.15, 0.2) is 5.13 Å². The van der Waals surface area contributed by atoms with Gasteiger partial charge < -0.3 is 10.6 Å². The predicted octanol–water partition coefficient (Wildman–Crippen LogP) is 3.16. The van der Waals surface area contributed by atoms with Crippen molar-refractivity contribution in [3.8, 4) is 0 Å². The summed E-state index contributed by atoms with van der Waals surface area (Å²) < 4.78 is 0. The minimum Gasteiger partial charge on any atom is -0.325 e. The molecule has 0 saturated heterocycles. The maximum atomic E-state index is 12.3. The second kappa shape index (κ2) is 7.61. The van der Waals surface area contributed by atoms with Crippen molar-refractivity contribution in [3.05, 3.63) is 41.4 Å². The molecule has 1 aliphatic rings. The number of rotatable bonds is 5. The number of para-hydroxylation sites is 1. The molecule has 0 saturated carbocycles. The maximum absolute atomic E-state index is 12.3. The Labute approximate surface area is 142 Å². The Morgan fingerprint density at radius 1 is 1.43 bits per heavy atom. The third-order valence-electron chi connectivity index (χ3n) is 3.57. The molecule has 2 heterocycles. The number of nitrogens with zero attached hydrogens (tertiary/aromatic N) is 1. The summed E-state index contributed by atoms with van der Waals surface area (Å²) >= 11 is 2.94. The topological polar surface area (TPSA) is 71.1 Å². The Morgan fingerprint density at radius 3 is 3.13 bits per heavy atom. The summed E-state index contributed by atoms with van der Waals surface area (Å²) in [5.74, 6) is 0.580. The van der Waals surface area contributed by atoms with Gasteiger partial charge in [0, 0.05) is 29.4 Å². The molecule has 0 fully saturated rings. The molecular formula is C16H17N3O2S2. The van der Waals surface area contributed by atoms with E-state index in [0.29, 0.717) is 17.3 Å². The van der Waals surface area contributed by atoms with Gasteiger partial charge in [-0.1, -0.05) is 18.2 Å². The lowest BCUT2D eigenvalue weighted by atomic mass is 10.1. The van der Waals surface area contributed by atoms with Crippen LogP contribution in [0, 0.1) is 0 Å². The molecule has 1 aliphatic heterocycles. The number of aromatic nitrogens is 1. The van der Waals surface area contributed by atoms with Crippen LogP contribution in [-0.4, -0.2) is 27.8 Å². The summed E-state index contributed by atoms with van der Waals surface area (Å²) in [6, 6.07) is 7.89. The van der Waals surface area contributed by atoms with E-state index in [1.807, 2.05) is 29.6 Å². The molecular weight excluding hydrogens is 330 g/mol. The van der Waals surface area contributed by atoms with Crippen LogP contribution in [0.15, 0.2) is 35.8 Å². The molecule has 2 N–H and O–H groups in total. The summed E-state index contributed by atoms with van der Waals surface area (Å²) in [6.45, 7) is 0. The molecule has 1 aromatic heterocycles. The van der Waals surface area contributed by atoms with Crippen molar-refractivity contribution in [2.24, 2.45) is 0 Å². The smallest absolute Gasteiger partial charge is 0.237 e. The molecule has 1 aromatic carbocycles. The number of amides is 2. The van der Waals surface area contributed by atoms with Crippen molar-refractivity contribution in [2.45, 2.75) is 24.5 Å². The summed E-state index contributed by atoms with van der Waals surface area (Å²) in [4.78, 5) is 28.1. The maximum Gasteiger partial charge on any atom is 0.237 e. The summed E-state index contributed by atoms with van der Waals surface area (Å²) in [6.07, 6.45) is 3.70. The van der Waals surface area contributed by atoms with Crippen molar-refractivity contribution in [1.82, 2.24) is 4.98 Å². The van der Waals surface area contributed by atoms with Crippen molar-refractivity contribution in [3.63, 3.8) is 0 Å². The first kappa shape index (κ1) is 16.0. The molecule has 1 atom stereocenters. The van der Waals surface area contributed by atoms with Crippen LogP contribution < -0.4 is 10.6 Å². The standard InChI is InChI=1S/C16H17N3O2S2/c20-14(19-16-17-8-10-23-16)7-9-22-13-6-5-11-3-1-2-4-12(11)18-15(13)21/h1-4,8,10,13H,5-7,9H2,(H,18,21)(H,17,19,20)/t13-/m0/s1. The minimum atomic E-state index is -0.116. The normalized spacial score (nSPS) is 17.0. The molecule has 0 unspecified atom stereocenters. The number of hydrogen-bond donors (Lipinski definition) is 2.